The predicted octanol–water partition coefficient (Wildman–Crippen LogP) is -2.35. The fraction of sp³-hybridized carbons (Fsp3) is 0.962. The summed E-state index contributed by atoms with van der Waals surface area (Å²) in [5, 5.41) is 138. The highest BCUT2D eigenvalue weighted by Gasteiger charge is 2.68. The van der Waals surface area contributed by atoms with E-state index >= 15 is 0 Å². The number of aliphatic hydroxyl groups is 13. The van der Waals surface area contributed by atoms with Gasteiger partial charge in [0.05, 0.1) is 44.7 Å². The fourth-order valence-corrected chi connectivity index (χ4v) is 15.3. The largest absolute Gasteiger partial charge is 0.394 e. The molecular weight excluding hydrogens is 993 g/mol. The lowest BCUT2D eigenvalue weighted by atomic mass is 9.47. The second-order valence-corrected chi connectivity index (χ2v) is 24.0. The van der Waals surface area contributed by atoms with Crippen molar-refractivity contribution in [2.75, 3.05) is 33.5 Å². The van der Waals surface area contributed by atoms with Crippen LogP contribution in [-0.4, -0.2) is 241 Å². The third-order valence-corrected chi connectivity index (χ3v) is 19.8. The van der Waals surface area contributed by atoms with Crippen molar-refractivity contribution in [2.24, 2.45) is 46.3 Å². The molecule has 0 bridgehead atoms. The van der Waals surface area contributed by atoms with Crippen LogP contribution in [0.1, 0.15) is 92.4 Å². The molecule has 4 aliphatic carbocycles. The third-order valence-electron chi connectivity index (χ3n) is 19.8. The van der Waals surface area contributed by atoms with Gasteiger partial charge in [0, 0.05) is 19.4 Å². The fourth-order valence-electron chi connectivity index (χ4n) is 15.3. The number of aliphatic hydroxyl groups excluding tert-OH is 13. The van der Waals surface area contributed by atoms with Gasteiger partial charge in [0.15, 0.2) is 30.9 Å². The zero-order valence-electron chi connectivity index (χ0n) is 43.8. The number of fused-ring (bicyclic) bond motifs is 7. The van der Waals surface area contributed by atoms with Crippen LogP contribution in [0.4, 0.5) is 0 Å². The van der Waals surface area contributed by atoms with Crippen molar-refractivity contribution in [3.63, 3.8) is 0 Å². The van der Waals surface area contributed by atoms with Crippen molar-refractivity contribution in [3.05, 3.63) is 11.6 Å². The number of ether oxygens (including phenoxy) is 10. The molecule has 13 N–H and O–H groups in total. The molecule has 31 atom stereocenters. The van der Waals surface area contributed by atoms with Crippen molar-refractivity contribution in [2.45, 2.75) is 233 Å². The minimum atomic E-state index is -1.94. The molecule has 0 spiro atoms. The summed E-state index contributed by atoms with van der Waals surface area (Å²) in [7, 11) is 1.73. The molecule has 8 fully saturated rings. The summed E-state index contributed by atoms with van der Waals surface area (Å²) >= 11 is 0. The molecule has 9 rings (SSSR count). The van der Waals surface area contributed by atoms with Gasteiger partial charge in [-0.2, -0.15) is 0 Å². The summed E-state index contributed by atoms with van der Waals surface area (Å²) in [6.45, 7) is 8.78. The number of hydrogen-bond donors (Lipinski definition) is 13. The molecule has 0 radical (unpaired) electrons. The maximum Gasteiger partial charge on any atom is 0.187 e. The first-order valence-corrected chi connectivity index (χ1v) is 27.3. The van der Waals surface area contributed by atoms with E-state index in [1.165, 1.54) is 5.57 Å². The molecule has 0 aromatic heterocycles. The smallest absolute Gasteiger partial charge is 0.187 e. The molecule has 75 heavy (non-hydrogen) atoms. The van der Waals surface area contributed by atoms with E-state index in [0.717, 1.165) is 38.5 Å². The molecule has 23 heteroatoms. The third kappa shape index (κ3) is 10.5. The highest BCUT2D eigenvalue weighted by atomic mass is 16.8. The molecule has 0 aromatic rings. The van der Waals surface area contributed by atoms with Gasteiger partial charge in [-0.25, -0.2) is 0 Å². The molecule has 0 aromatic carbocycles. The molecule has 5 saturated heterocycles. The molecule has 432 valence electrons. The van der Waals surface area contributed by atoms with Gasteiger partial charge in [-0.1, -0.05) is 39.3 Å². The van der Waals surface area contributed by atoms with Crippen LogP contribution in [0.5, 0.6) is 0 Å². The van der Waals surface area contributed by atoms with E-state index in [4.69, 9.17) is 47.4 Å². The lowest BCUT2D eigenvalue weighted by Crippen LogP contribution is -2.67. The van der Waals surface area contributed by atoms with Crippen LogP contribution in [-0.2, 0) is 47.4 Å². The Labute approximate surface area is 437 Å². The van der Waals surface area contributed by atoms with Gasteiger partial charge in [0.25, 0.3) is 0 Å². The summed E-state index contributed by atoms with van der Waals surface area (Å²) < 4.78 is 60.2. The molecule has 31 unspecified atom stereocenters. The summed E-state index contributed by atoms with van der Waals surface area (Å²) in [6, 6.07) is 0. The number of methoxy groups -OCH3 is 1. The first kappa shape index (κ1) is 58.5. The Hall–Kier alpha value is -1.18. The van der Waals surface area contributed by atoms with Crippen LogP contribution in [0.2, 0.25) is 0 Å². The summed E-state index contributed by atoms with van der Waals surface area (Å²) in [5.41, 5.74) is 1.22. The normalized spacial score (nSPS) is 54.3. The molecular formula is C52H86O23. The van der Waals surface area contributed by atoms with Gasteiger partial charge in [-0.3, -0.25) is 0 Å². The van der Waals surface area contributed by atoms with Gasteiger partial charge in [-0.15, -0.1) is 0 Å². The van der Waals surface area contributed by atoms with E-state index in [1.54, 1.807) is 14.0 Å². The first-order chi connectivity index (χ1) is 35.6. The molecule has 9 aliphatic rings. The summed E-state index contributed by atoms with van der Waals surface area (Å²) in [4.78, 5) is 0. The summed E-state index contributed by atoms with van der Waals surface area (Å²) in [5.74, 6) is 1.05. The molecule has 23 nitrogen and oxygen atoms in total. The quantitative estimate of drug-likeness (QED) is 0.0720. The standard InChI is InChI=1S/C52H86O23/c1-21(20-67-46-40(62)38(60)34(56)23(3)68-46)9-14-52(66-6)22(2)33-29(75-52)16-28-26-8-7-24-15-25(10-12-50(24,4)27(26)11-13-51(28,33)5)69-48-42(64)44(36(58)31(18-54)71-48)74-49-43(65)45(37(59)32(19-55)72-49)73-47-41(63)39(61)35(57)30(17-53)70-47/h7,21-23,25-49,53-65H,8-20H2,1-6H3. The van der Waals surface area contributed by atoms with E-state index < -0.39 is 155 Å². The molecule has 0 amide bonds. The first-order valence-electron chi connectivity index (χ1n) is 27.3. The topological polar surface area (TPSA) is 355 Å². The van der Waals surface area contributed by atoms with Gasteiger partial charge >= 0.3 is 0 Å². The Kier molecular flexibility index (Phi) is 17.9. The van der Waals surface area contributed by atoms with E-state index in [-0.39, 0.29) is 35.4 Å². The minimum Gasteiger partial charge on any atom is -0.394 e. The van der Waals surface area contributed by atoms with Crippen LogP contribution in [0.25, 0.3) is 0 Å². The maximum absolute atomic E-state index is 11.8. The van der Waals surface area contributed by atoms with E-state index in [1.807, 2.05) is 0 Å². The van der Waals surface area contributed by atoms with Crippen molar-refractivity contribution < 1.29 is 114 Å². The van der Waals surface area contributed by atoms with Crippen molar-refractivity contribution in [3.8, 4) is 0 Å². The Morgan fingerprint density at radius 2 is 1.20 bits per heavy atom. The Morgan fingerprint density at radius 1 is 0.640 bits per heavy atom. The average molecular weight is 1080 g/mol. The van der Waals surface area contributed by atoms with E-state index in [0.29, 0.717) is 42.9 Å². The van der Waals surface area contributed by atoms with Crippen LogP contribution in [0.3, 0.4) is 0 Å². The Balaban J connectivity index is 0.817. The van der Waals surface area contributed by atoms with Crippen LogP contribution in [0, 0.1) is 46.3 Å². The van der Waals surface area contributed by atoms with Crippen LogP contribution >= 0.6 is 0 Å². The number of allylic oxidation sites excluding steroid dienone is 1. The molecule has 5 heterocycles. The second kappa shape index (κ2) is 23.0. The van der Waals surface area contributed by atoms with Crippen LogP contribution in [0.15, 0.2) is 11.6 Å². The lowest BCUT2D eigenvalue weighted by Gasteiger charge is -2.58. The highest BCUT2D eigenvalue weighted by Crippen LogP contribution is 2.70. The van der Waals surface area contributed by atoms with Crippen molar-refractivity contribution >= 4 is 0 Å². The Morgan fingerprint density at radius 3 is 1.80 bits per heavy atom. The zero-order valence-corrected chi connectivity index (χ0v) is 43.8. The average Bonchev–Trinajstić information content (AvgIpc) is 3.86. The van der Waals surface area contributed by atoms with Gasteiger partial charge in [0.1, 0.15) is 91.6 Å². The van der Waals surface area contributed by atoms with Crippen molar-refractivity contribution in [1.82, 2.24) is 0 Å². The SMILES string of the molecule is COC1(CCC(C)COC2OC(C)C(O)C(O)C2O)OC2CC3C4CC=C5CC(OC6OC(CO)C(O)C(OC7OC(CO)C(O)C(OC8OC(CO)C(O)C(O)C8O)C7O)C6O)CCC5(C)C4CCC3(C)C2C1C. The van der Waals surface area contributed by atoms with Crippen molar-refractivity contribution in [1.29, 1.82) is 0 Å². The van der Waals surface area contributed by atoms with Gasteiger partial charge < -0.3 is 114 Å². The summed E-state index contributed by atoms with van der Waals surface area (Å²) in [6.07, 6.45) is -21.3. The van der Waals surface area contributed by atoms with Gasteiger partial charge in [0.2, 0.25) is 0 Å². The lowest BCUT2D eigenvalue weighted by molar-refractivity contribution is -0.382. The number of rotatable bonds is 16. The number of hydrogen-bond acceptors (Lipinski definition) is 23. The molecule has 3 saturated carbocycles. The van der Waals surface area contributed by atoms with Gasteiger partial charge in [-0.05, 0) is 98.7 Å². The monoisotopic (exact) mass is 1080 g/mol. The van der Waals surface area contributed by atoms with Crippen LogP contribution < -0.4 is 0 Å². The predicted molar refractivity (Wildman–Crippen MR) is 255 cm³/mol. The zero-order chi connectivity index (χ0) is 54.2. The maximum atomic E-state index is 11.8. The van der Waals surface area contributed by atoms with E-state index in [2.05, 4.69) is 33.8 Å². The van der Waals surface area contributed by atoms with E-state index in [9.17, 15) is 66.4 Å². The highest BCUT2D eigenvalue weighted by molar-refractivity contribution is 5.26. The Bertz CT molecular complexity index is 1940. The minimum absolute atomic E-state index is 0.0372. The second-order valence-electron chi connectivity index (χ2n) is 24.0. The molecule has 5 aliphatic heterocycles.